The number of halogens is 1. The van der Waals surface area contributed by atoms with Crippen molar-refractivity contribution < 1.29 is 14.3 Å². The van der Waals surface area contributed by atoms with E-state index in [-0.39, 0.29) is 12.1 Å². The molecule has 5 heteroatoms. The van der Waals surface area contributed by atoms with Crippen LogP contribution in [0.25, 0.3) is 0 Å². The number of benzene rings is 2. The first-order valence-corrected chi connectivity index (χ1v) is 8.85. The lowest BCUT2D eigenvalue weighted by atomic mass is 9.97. The molecule has 138 valence electrons. The zero-order chi connectivity index (χ0) is 19.1. The van der Waals surface area contributed by atoms with Crippen molar-refractivity contribution in [2.45, 2.75) is 25.9 Å². The molecular formula is C21H24ClNO3. The summed E-state index contributed by atoms with van der Waals surface area (Å²) < 4.78 is 10.3. The quantitative estimate of drug-likeness (QED) is 0.530. The Labute approximate surface area is 159 Å². The maximum absolute atomic E-state index is 12.2. The summed E-state index contributed by atoms with van der Waals surface area (Å²) in [5.41, 5.74) is 2.32. The Morgan fingerprint density at radius 1 is 1.12 bits per heavy atom. The summed E-state index contributed by atoms with van der Waals surface area (Å²) in [6.45, 7) is 8.07. The number of carbonyl (C=O) groups excluding carboxylic acids is 1. The molecule has 1 N–H and O–H groups in total. The second-order valence-electron chi connectivity index (χ2n) is 5.89. The summed E-state index contributed by atoms with van der Waals surface area (Å²) in [6, 6.07) is 14.7. The minimum Gasteiger partial charge on any atom is -0.497 e. The van der Waals surface area contributed by atoms with Crippen molar-refractivity contribution in [2.75, 3.05) is 13.7 Å². The average Bonchev–Trinajstić information content (AvgIpc) is 2.66. The second-order valence-corrected chi connectivity index (χ2v) is 6.33. The van der Waals surface area contributed by atoms with Crippen LogP contribution in [0.3, 0.4) is 0 Å². The molecule has 0 radical (unpaired) electrons. The average molecular weight is 374 g/mol. The highest BCUT2D eigenvalue weighted by Crippen LogP contribution is 2.27. The van der Waals surface area contributed by atoms with Crippen LogP contribution in [0.5, 0.6) is 5.75 Å². The van der Waals surface area contributed by atoms with E-state index in [0.29, 0.717) is 17.2 Å². The zero-order valence-electron chi connectivity index (χ0n) is 15.3. The van der Waals surface area contributed by atoms with E-state index in [9.17, 15) is 4.79 Å². The minimum atomic E-state index is -0.415. The molecule has 2 atom stereocenters. The highest BCUT2D eigenvalue weighted by molar-refractivity contribution is 6.30. The van der Waals surface area contributed by atoms with Gasteiger partial charge in [-0.15, -0.1) is 0 Å². The normalized spacial score (nSPS) is 12.9. The molecule has 0 unspecified atom stereocenters. The molecule has 26 heavy (non-hydrogen) atoms. The molecular weight excluding hydrogens is 350 g/mol. The highest BCUT2D eigenvalue weighted by atomic mass is 35.5. The number of esters is 1. The van der Waals surface area contributed by atoms with Gasteiger partial charge in [-0.3, -0.25) is 5.32 Å². The zero-order valence-corrected chi connectivity index (χ0v) is 16.0. The lowest BCUT2D eigenvalue weighted by molar-refractivity contribution is -0.138. The van der Waals surface area contributed by atoms with Crippen molar-refractivity contribution in [3.8, 4) is 5.75 Å². The molecule has 2 rings (SSSR count). The first-order chi connectivity index (χ1) is 12.5. The molecule has 2 aromatic rings. The van der Waals surface area contributed by atoms with Gasteiger partial charge in [0, 0.05) is 11.1 Å². The van der Waals surface area contributed by atoms with Gasteiger partial charge in [0.05, 0.1) is 25.3 Å². The Kier molecular flexibility index (Phi) is 7.25. The van der Waals surface area contributed by atoms with E-state index in [4.69, 9.17) is 21.1 Å². The first-order valence-electron chi connectivity index (χ1n) is 8.47. The molecule has 0 aliphatic carbocycles. The van der Waals surface area contributed by atoms with E-state index < -0.39 is 5.97 Å². The third kappa shape index (κ3) is 5.10. The van der Waals surface area contributed by atoms with Crippen molar-refractivity contribution in [3.05, 3.63) is 76.8 Å². The Hall–Kier alpha value is -2.30. The fourth-order valence-electron chi connectivity index (χ4n) is 2.63. The number of hydrogen-bond acceptors (Lipinski definition) is 4. The Bertz CT molecular complexity index is 741. The molecule has 4 nitrogen and oxygen atoms in total. The Morgan fingerprint density at radius 2 is 1.69 bits per heavy atom. The number of nitrogens with one attached hydrogen (secondary N) is 1. The predicted octanol–water partition coefficient (Wildman–Crippen LogP) is 4.86. The highest BCUT2D eigenvalue weighted by Gasteiger charge is 2.24. The van der Waals surface area contributed by atoms with E-state index in [1.807, 2.05) is 43.3 Å². The molecule has 0 aliphatic rings. The van der Waals surface area contributed by atoms with E-state index in [0.717, 1.165) is 16.9 Å². The van der Waals surface area contributed by atoms with Gasteiger partial charge in [-0.2, -0.15) is 0 Å². The van der Waals surface area contributed by atoms with Crippen molar-refractivity contribution in [3.63, 3.8) is 0 Å². The van der Waals surface area contributed by atoms with E-state index in [1.54, 1.807) is 26.2 Å². The van der Waals surface area contributed by atoms with Gasteiger partial charge in [0.2, 0.25) is 0 Å². The van der Waals surface area contributed by atoms with Gasteiger partial charge >= 0.3 is 5.97 Å². The van der Waals surface area contributed by atoms with Crippen molar-refractivity contribution in [2.24, 2.45) is 0 Å². The fraction of sp³-hybridized carbons (Fsp3) is 0.286. The molecule has 2 aromatic carbocycles. The maximum Gasteiger partial charge on any atom is 0.335 e. The summed E-state index contributed by atoms with van der Waals surface area (Å²) in [6.07, 6.45) is 0. The lowest BCUT2D eigenvalue weighted by Gasteiger charge is -2.25. The van der Waals surface area contributed by atoms with Crippen molar-refractivity contribution in [1.82, 2.24) is 5.32 Å². The largest absolute Gasteiger partial charge is 0.497 e. The number of hydrogen-bond donors (Lipinski definition) is 1. The number of carbonyl (C=O) groups is 1. The van der Waals surface area contributed by atoms with Crippen molar-refractivity contribution in [1.29, 1.82) is 0 Å². The molecule has 0 amide bonds. The van der Waals surface area contributed by atoms with Gasteiger partial charge in [0.1, 0.15) is 5.75 Å². The van der Waals surface area contributed by atoms with Crippen molar-refractivity contribution >= 4 is 17.6 Å². The van der Waals surface area contributed by atoms with Gasteiger partial charge in [-0.25, -0.2) is 4.79 Å². The summed E-state index contributed by atoms with van der Waals surface area (Å²) in [5.74, 6) is 0.382. The number of methoxy groups -OCH3 is 1. The second kappa shape index (κ2) is 9.41. The number of rotatable bonds is 8. The number of ether oxygens (including phenoxy) is 2. The Morgan fingerprint density at radius 3 is 2.23 bits per heavy atom. The summed E-state index contributed by atoms with van der Waals surface area (Å²) in [4.78, 5) is 12.2. The molecule has 0 spiro atoms. The van der Waals surface area contributed by atoms with Crippen LogP contribution < -0.4 is 10.1 Å². The standard InChI is InChI=1S/C21H24ClNO3/c1-5-26-21(24)14(2)20(17-6-10-18(22)11-7-17)23-15(3)16-8-12-19(25-4)13-9-16/h6-13,15,20,23H,2,5H2,1,3-4H3/t15-,20-/m0/s1. The van der Waals surface area contributed by atoms with Crippen LogP contribution in [0.4, 0.5) is 0 Å². The van der Waals surface area contributed by atoms with Crippen LogP contribution in [0.1, 0.15) is 37.1 Å². The third-order valence-electron chi connectivity index (χ3n) is 4.12. The summed E-state index contributed by atoms with van der Waals surface area (Å²) in [5, 5.41) is 4.10. The molecule has 0 aromatic heterocycles. The van der Waals surface area contributed by atoms with Gasteiger partial charge in [0.25, 0.3) is 0 Å². The van der Waals surface area contributed by atoms with E-state index in [1.165, 1.54) is 0 Å². The van der Waals surface area contributed by atoms with Crippen LogP contribution in [0, 0.1) is 0 Å². The van der Waals surface area contributed by atoms with Crippen LogP contribution in [0.2, 0.25) is 5.02 Å². The molecule has 0 fully saturated rings. The SMILES string of the molecule is C=C(C(=O)OCC)[C@H](N[C@@H](C)c1ccc(OC)cc1)c1ccc(Cl)cc1. The molecule has 0 aliphatic heterocycles. The summed E-state index contributed by atoms with van der Waals surface area (Å²) in [7, 11) is 1.64. The lowest BCUT2D eigenvalue weighted by Crippen LogP contribution is -2.29. The van der Waals surface area contributed by atoms with Crippen LogP contribution in [-0.2, 0) is 9.53 Å². The molecule has 0 bridgehead atoms. The van der Waals surface area contributed by atoms with Gasteiger partial charge in [-0.05, 0) is 49.2 Å². The predicted molar refractivity (Wildman–Crippen MR) is 105 cm³/mol. The fourth-order valence-corrected chi connectivity index (χ4v) is 2.76. The summed E-state index contributed by atoms with van der Waals surface area (Å²) >= 11 is 5.99. The molecule has 0 heterocycles. The molecule has 0 saturated heterocycles. The van der Waals surface area contributed by atoms with Gasteiger partial charge in [-0.1, -0.05) is 42.4 Å². The molecule has 0 saturated carbocycles. The van der Waals surface area contributed by atoms with E-state index >= 15 is 0 Å². The Balaban J connectivity index is 2.25. The maximum atomic E-state index is 12.2. The van der Waals surface area contributed by atoms with Crippen LogP contribution in [-0.4, -0.2) is 19.7 Å². The van der Waals surface area contributed by atoms with Gasteiger partial charge in [0.15, 0.2) is 0 Å². The smallest absolute Gasteiger partial charge is 0.335 e. The minimum absolute atomic E-state index is 0.0206. The third-order valence-corrected chi connectivity index (χ3v) is 4.37. The van der Waals surface area contributed by atoms with Gasteiger partial charge < -0.3 is 9.47 Å². The first kappa shape index (κ1) is 20.0. The van der Waals surface area contributed by atoms with E-state index in [2.05, 4.69) is 11.9 Å². The van der Waals surface area contributed by atoms with Crippen LogP contribution in [0.15, 0.2) is 60.7 Å². The van der Waals surface area contributed by atoms with Crippen LogP contribution >= 0.6 is 11.6 Å². The topological polar surface area (TPSA) is 47.6 Å². The monoisotopic (exact) mass is 373 g/mol.